The normalized spacial score (nSPS) is 10.9. The van der Waals surface area contributed by atoms with Gasteiger partial charge in [0.15, 0.2) is 5.82 Å². The van der Waals surface area contributed by atoms with Gasteiger partial charge in [0, 0.05) is 6.20 Å². The molecule has 0 aliphatic heterocycles. The van der Waals surface area contributed by atoms with E-state index in [1.807, 2.05) is 0 Å². The van der Waals surface area contributed by atoms with E-state index in [0.29, 0.717) is 0 Å². The second kappa shape index (κ2) is 3.93. The number of halogens is 4. The lowest BCUT2D eigenvalue weighted by atomic mass is 10.2. The van der Waals surface area contributed by atoms with Crippen molar-refractivity contribution in [3.63, 3.8) is 0 Å². The first-order chi connectivity index (χ1) is 6.07. The first kappa shape index (κ1) is 10.3. The van der Waals surface area contributed by atoms with E-state index in [4.69, 9.17) is 16.7 Å². The fourth-order valence-electron chi connectivity index (χ4n) is 0.831. The quantitative estimate of drug-likeness (QED) is 0.814. The van der Waals surface area contributed by atoms with E-state index < -0.39 is 35.1 Å². The van der Waals surface area contributed by atoms with Crippen LogP contribution in [0.2, 0.25) is 5.02 Å². The lowest BCUT2D eigenvalue weighted by Crippen LogP contribution is -2.01. The van der Waals surface area contributed by atoms with E-state index in [9.17, 15) is 13.2 Å². The van der Waals surface area contributed by atoms with Gasteiger partial charge >= 0.3 is 0 Å². The summed E-state index contributed by atoms with van der Waals surface area (Å²) in [6.45, 7) is -0.733. The second-order valence-electron chi connectivity index (χ2n) is 2.24. The molecule has 0 saturated carbocycles. The zero-order valence-electron chi connectivity index (χ0n) is 6.27. The average Bonchev–Trinajstić information content (AvgIpc) is 2.04. The summed E-state index contributed by atoms with van der Waals surface area (Å²) >= 11 is 5.29. The molecular weight excluding hydrogens is 207 g/mol. The number of aliphatic hydroxyl groups excluding tert-OH is 1. The Labute approximate surface area is 77.0 Å². The molecule has 0 fully saturated rings. The van der Waals surface area contributed by atoms with Gasteiger partial charge in [-0.05, 0) is 0 Å². The van der Waals surface area contributed by atoms with E-state index in [1.165, 1.54) is 0 Å². The molecule has 1 rings (SSSR count). The van der Waals surface area contributed by atoms with E-state index in [-0.39, 0.29) is 0 Å². The van der Waals surface area contributed by atoms with Gasteiger partial charge in [-0.1, -0.05) is 11.6 Å². The first-order valence-corrected chi connectivity index (χ1v) is 3.67. The van der Waals surface area contributed by atoms with Gasteiger partial charge in [0.2, 0.25) is 0 Å². The predicted molar refractivity (Wildman–Crippen MR) is 40.1 cm³/mol. The molecule has 1 aromatic rings. The fourth-order valence-corrected chi connectivity index (χ4v) is 1.05. The Kier molecular flexibility index (Phi) is 3.11. The van der Waals surface area contributed by atoms with Crippen molar-refractivity contribution in [2.45, 2.75) is 13.0 Å². The van der Waals surface area contributed by atoms with Gasteiger partial charge in [0.1, 0.15) is 5.69 Å². The van der Waals surface area contributed by atoms with Crippen LogP contribution in [-0.4, -0.2) is 10.1 Å². The minimum absolute atomic E-state index is 0.431. The Hall–Kier alpha value is -0.810. The lowest BCUT2D eigenvalue weighted by Gasteiger charge is -2.06. The molecule has 0 saturated heterocycles. The minimum atomic E-state index is -3.01. The first-order valence-electron chi connectivity index (χ1n) is 3.29. The highest BCUT2D eigenvalue weighted by Gasteiger charge is 2.20. The van der Waals surface area contributed by atoms with Crippen LogP contribution in [0.3, 0.4) is 0 Å². The van der Waals surface area contributed by atoms with Crippen LogP contribution in [0.25, 0.3) is 0 Å². The van der Waals surface area contributed by atoms with Crippen molar-refractivity contribution in [1.29, 1.82) is 0 Å². The van der Waals surface area contributed by atoms with Gasteiger partial charge in [-0.25, -0.2) is 13.2 Å². The van der Waals surface area contributed by atoms with Gasteiger partial charge in [-0.2, -0.15) is 0 Å². The third kappa shape index (κ3) is 1.92. The van der Waals surface area contributed by atoms with E-state index in [1.54, 1.807) is 0 Å². The van der Waals surface area contributed by atoms with Crippen molar-refractivity contribution in [3.8, 4) is 0 Å². The van der Waals surface area contributed by atoms with Gasteiger partial charge in [0.25, 0.3) is 6.43 Å². The van der Waals surface area contributed by atoms with Crippen LogP contribution >= 0.6 is 11.6 Å². The van der Waals surface area contributed by atoms with E-state index in [0.717, 1.165) is 6.20 Å². The van der Waals surface area contributed by atoms with Crippen LogP contribution in [0.15, 0.2) is 6.20 Å². The number of aromatic nitrogens is 1. The van der Waals surface area contributed by atoms with Crippen molar-refractivity contribution in [2.24, 2.45) is 0 Å². The molecular formula is C7H5ClF3NO. The number of hydrogen-bond donors (Lipinski definition) is 1. The Morgan fingerprint density at radius 3 is 2.62 bits per heavy atom. The molecule has 1 aromatic heterocycles. The van der Waals surface area contributed by atoms with Crippen molar-refractivity contribution < 1.29 is 18.3 Å². The third-order valence-electron chi connectivity index (χ3n) is 1.45. The highest BCUT2D eigenvalue weighted by molar-refractivity contribution is 6.31. The molecule has 13 heavy (non-hydrogen) atoms. The third-order valence-corrected chi connectivity index (χ3v) is 1.75. The largest absolute Gasteiger partial charge is 0.390 e. The summed E-state index contributed by atoms with van der Waals surface area (Å²) in [7, 11) is 0. The highest BCUT2D eigenvalue weighted by atomic mass is 35.5. The average molecular weight is 212 g/mol. The molecule has 2 nitrogen and oxygen atoms in total. The summed E-state index contributed by atoms with van der Waals surface area (Å²) in [4.78, 5) is 3.35. The van der Waals surface area contributed by atoms with Gasteiger partial charge < -0.3 is 5.11 Å². The zero-order valence-corrected chi connectivity index (χ0v) is 7.02. The van der Waals surface area contributed by atoms with E-state index in [2.05, 4.69) is 4.98 Å². The molecule has 0 aliphatic rings. The van der Waals surface area contributed by atoms with Crippen LogP contribution in [0.1, 0.15) is 17.7 Å². The Morgan fingerprint density at radius 2 is 2.15 bits per heavy atom. The molecule has 1 heterocycles. The predicted octanol–water partition coefficient (Wildman–Crippen LogP) is 2.30. The zero-order chi connectivity index (χ0) is 10.0. The maximum atomic E-state index is 13.0. The summed E-state index contributed by atoms with van der Waals surface area (Å²) < 4.78 is 37.3. The van der Waals surface area contributed by atoms with Crippen molar-refractivity contribution in [2.75, 3.05) is 0 Å². The van der Waals surface area contributed by atoms with Gasteiger partial charge in [-0.3, -0.25) is 4.98 Å². The molecule has 0 spiro atoms. The van der Waals surface area contributed by atoms with E-state index >= 15 is 0 Å². The summed E-state index contributed by atoms with van der Waals surface area (Å²) in [6, 6.07) is 0. The fraction of sp³-hybridized carbons (Fsp3) is 0.286. The molecule has 72 valence electrons. The van der Waals surface area contributed by atoms with Crippen LogP contribution in [0, 0.1) is 5.82 Å². The number of pyridine rings is 1. The Balaban J connectivity index is 3.30. The molecule has 0 radical (unpaired) electrons. The van der Waals surface area contributed by atoms with Crippen molar-refractivity contribution in [1.82, 2.24) is 4.98 Å². The number of hydrogen-bond acceptors (Lipinski definition) is 2. The van der Waals surface area contributed by atoms with Crippen LogP contribution in [0.5, 0.6) is 0 Å². The summed E-state index contributed by atoms with van der Waals surface area (Å²) in [5.41, 5.74) is -1.35. The maximum Gasteiger partial charge on any atom is 0.268 e. The number of alkyl halides is 2. The summed E-state index contributed by atoms with van der Waals surface area (Å²) in [5, 5.41) is 8.08. The molecule has 0 unspecified atom stereocenters. The van der Waals surface area contributed by atoms with Crippen LogP contribution < -0.4 is 0 Å². The summed E-state index contributed by atoms with van der Waals surface area (Å²) in [6.07, 6.45) is -2.13. The van der Waals surface area contributed by atoms with Gasteiger partial charge in [0.05, 0.1) is 17.2 Å². The molecule has 0 amide bonds. The monoisotopic (exact) mass is 211 g/mol. The smallest absolute Gasteiger partial charge is 0.268 e. The number of rotatable bonds is 2. The van der Waals surface area contributed by atoms with Crippen LogP contribution in [-0.2, 0) is 6.61 Å². The molecule has 0 aliphatic carbocycles. The number of nitrogens with zero attached hydrogens (tertiary/aromatic N) is 1. The second-order valence-corrected chi connectivity index (χ2v) is 2.65. The topological polar surface area (TPSA) is 33.1 Å². The number of aliphatic hydroxyl groups is 1. The molecule has 0 bridgehead atoms. The molecule has 0 aromatic carbocycles. The minimum Gasteiger partial charge on any atom is -0.390 e. The maximum absolute atomic E-state index is 13.0. The van der Waals surface area contributed by atoms with Gasteiger partial charge in [-0.15, -0.1) is 0 Å². The summed E-state index contributed by atoms with van der Waals surface area (Å²) in [5.74, 6) is -1.25. The molecule has 6 heteroatoms. The van der Waals surface area contributed by atoms with Crippen LogP contribution in [0.4, 0.5) is 13.2 Å². The standard InChI is InChI=1S/C7H5ClF3NO/c8-3-1-12-4(2-13)6(9)5(3)7(10)11/h1,7,13H,2H2. The van der Waals surface area contributed by atoms with Crippen molar-refractivity contribution in [3.05, 3.63) is 28.3 Å². The lowest BCUT2D eigenvalue weighted by molar-refractivity contribution is 0.145. The molecule has 1 N–H and O–H groups in total. The van der Waals surface area contributed by atoms with Crippen molar-refractivity contribution >= 4 is 11.6 Å². The Bertz CT molecular complexity index is 319. The molecule has 0 atom stereocenters. The highest BCUT2D eigenvalue weighted by Crippen LogP contribution is 2.29. The Morgan fingerprint density at radius 1 is 1.54 bits per heavy atom. The SMILES string of the molecule is OCc1ncc(Cl)c(C(F)F)c1F.